The van der Waals surface area contributed by atoms with Crippen LogP contribution in [0.2, 0.25) is 0 Å². The van der Waals surface area contributed by atoms with Gasteiger partial charge in [-0.25, -0.2) is 4.98 Å². The van der Waals surface area contributed by atoms with Gasteiger partial charge in [-0.2, -0.15) is 0 Å². The van der Waals surface area contributed by atoms with Crippen LogP contribution >= 0.6 is 0 Å². The number of hydrogen-bond acceptors (Lipinski definition) is 6. The van der Waals surface area contributed by atoms with E-state index in [1.165, 1.54) is 4.40 Å². The lowest BCUT2D eigenvalue weighted by molar-refractivity contribution is 0.0939. The monoisotopic (exact) mass is 454 g/mol. The first-order valence-electron chi connectivity index (χ1n) is 10.8. The predicted octanol–water partition coefficient (Wildman–Crippen LogP) is 2.68. The highest BCUT2D eigenvalue weighted by molar-refractivity contribution is 5.98. The van der Waals surface area contributed by atoms with Gasteiger partial charge in [0.05, 0.1) is 17.7 Å². The summed E-state index contributed by atoms with van der Waals surface area (Å²) in [7, 11) is 1.59. The summed E-state index contributed by atoms with van der Waals surface area (Å²) in [4.78, 5) is 39.5. The minimum atomic E-state index is -0.313. The summed E-state index contributed by atoms with van der Waals surface area (Å²) in [5, 5.41) is 3.35. The van der Waals surface area contributed by atoms with Crippen molar-refractivity contribution in [2.24, 2.45) is 0 Å². The Morgan fingerprint density at radius 2 is 1.94 bits per heavy atom. The van der Waals surface area contributed by atoms with Crippen LogP contribution in [-0.4, -0.2) is 43.5 Å². The molecule has 0 fully saturated rings. The molecule has 0 spiro atoms. The van der Waals surface area contributed by atoms with Gasteiger partial charge in [-0.15, -0.1) is 0 Å². The third-order valence-corrected chi connectivity index (χ3v) is 5.61. The number of pyridine rings is 3. The average molecular weight is 454 g/mol. The number of carbonyl (C=O) groups excluding carboxylic acids is 1. The molecule has 0 unspecified atom stereocenters. The SMILES string of the molecule is COCCn1c(C(=O)NCc2cccnc2-c2ccncc2)cc2c(=O)n3ccccc3nc21. The first-order valence-corrected chi connectivity index (χ1v) is 10.8. The Bertz CT molecular complexity index is 1540. The van der Waals surface area contributed by atoms with Gasteiger partial charge in [0.1, 0.15) is 17.0 Å². The summed E-state index contributed by atoms with van der Waals surface area (Å²) >= 11 is 0. The minimum Gasteiger partial charge on any atom is -0.383 e. The number of amides is 1. The highest BCUT2D eigenvalue weighted by Gasteiger charge is 2.20. The number of aromatic nitrogens is 5. The maximum atomic E-state index is 13.3. The van der Waals surface area contributed by atoms with Crippen molar-refractivity contribution < 1.29 is 9.53 Å². The van der Waals surface area contributed by atoms with Crippen LogP contribution in [0.3, 0.4) is 0 Å². The Kier molecular flexibility index (Phi) is 5.84. The molecule has 1 N–H and O–H groups in total. The molecule has 0 aliphatic rings. The quantitative estimate of drug-likeness (QED) is 0.406. The Balaban J connectivity index is 1.51. The molecular weight excluding hydrogens is 432 g/mol. The second kappa shape index (κ2) is 9.24. The van der Waals surface area contributed by atoms with E-state index >= 15 is 0 Å². The van der Waals surface area contributed by atoms with E-state index in [0.717, 1.165) is 16.8 Å². The molecule has 0 saturated carbocycles. The Morgan fingerprint density at radius 1 is 1.09 bits per heavy atom. The van der Waals surface area contributed by atoms with Crippen molar-refractivity contribution in [2.45, 2.75) is 13.1 Å². The number of methoxy groups -OCH3 is 1. The van der Waals surface area contributed by atoms with Crippen molar-refractivity contribution in [3.05, 3.63) is 94.9 Å². The molecule has 5 aromatic heterocycles. The van der Waals surface area contributed by atoms with E-state index in [9.17, 15) is 9.59 Å². The zero-order valence-corrected chi connectivity index (χ0v) is 18.5. The van der Waals surface area contributed by atoms with E-state index < -0.39 is 0 Å². The van der Waals surface area contributed by atoms with E-state index in [2.05, 4.69) is 20.3 Å². The van der Waals surface area contributed by atoms with Gasteiger partial charge in [-0.1, -0.05) is 12.1 Å². The van der Waals surface area contributed by atoms with Crippen molar-refractivity contribution in [1.29, 1.82) is 0 Å². The molecule has 5 rings (SSSR count). The van der Waals surface area contributed by atoms with Crippen LogP contribution in [0.4, 0.5) is 0 Å². The van der Waals surface area contributed by atoms with Gasteiger partial charge >= 0.3 is 0 Å². The molecule has 1 amide bonds. The molecule has 9 heteroatoms. The fourth-order valence-electron chi connectivity index (χ4n) is 3.97. The van der Waals surface area contributed by atoms with Crippen LogP contribution < -0.4 is 10.9 Å². The molecule has 9 nitrogen and oxygen atoms in total. The average Bonchev–Trinajstić information content (AvgIpc) is 3.25. The lowest BCUT2D eigenvalue weighted by Crippen LogP contribution is -2.26. The van der Waals surface area contributed by atoms with Crippen LogP contribution in [0.5, 0.6) is 0 Å². The number of nitrogens with zero attached hydrogens (tertiary/aromatic N) is 5. The van der Waals surface area contributed by atoms with E-state index in [0.29, 0.717) is 35.5 Å². The van der Waals surface area contributed by atoms with Gasteiger partial charge < -0.3 is 14.6 Å². The van der Waals surface area contributed by atoms with Crippen LogP contribution in [0, 0.1) is 0 Å². The lowest BCUT2D eigenvalue weighted by atomic mass is 10.1. The van der Waals surface area contributed by atoms with Crippen LogP contribution in [0.1, 0.15) is 16.1 Å². The van der Waals surface area contributed by atoms with Crippen molar-refractivity contribution in [1.82, 2.24) is 29.2 Å². The number of carbonyl (C=O) groups is 1. The molecule has 34 heavy (non-hydrogen) atoms. The summed E-state index contributed by atoms with van der Waals surface area (Å²) < 4.78 is 8.44. The molecular formula is C25H22N6O3. The summed E-state index contributed by atoms with van der Waals surface area (Å²) in [5.74, 6) is -0.313. The second-order valence-corrected chi connectivity index (χ2v) is 7.69. The Labute approximate surface area is 194 Å². The van der Waals surface area contributed by atoms with E-state index in [4.69, 9.17) is 4.74 Å². The Hall–Kier alpha value is -4.37. The molecule has 5 heterocycles. The smallest absolute Gasteiger partial charge is 0.268 e. The molecule has 0 atom stereocenters. The Morgan fingerprint density at radius 3 is 2.76 bits per heavy atom. The molecule has 170 valence electrons. The summed E-state index contributed by atoms with van der Waals surface area (Å²) in [6.45, 7) is 1.02. The highest BCUT2D eigenvalue weighted by Crippen LogP contribution is 2.21. The van der Waals surface area contributed by atoms with Crippen molar-refractivity contribution in [2.75, 3.05) is 13.7 Å². The van der Waals surface area contributed by atoms with Gasteiger partial charge in [-0.3, -0.25) is 24.0 Å². The molecule has 0 radical (unpaired) electrons. The topological polar surface area (TPSA) is 103 Å². The maximum absolute atomic E-state index is 13.3. The largest absolute Gasteiger partial charge is 0.383 e. The normalized spacial score (nSPS) is 11.2. The molecule has 0 saturated heterocycles. The molecule has 0 bridgehead atoms. The van der Waals surface area contributed by atoms with E-state index in [1.54, 1.807) is 54.7 Å². The summed E-state index contributed by atoms with van der Waals surface area (Å²) in [6, 6.07) is 14.4. The van der Waals surface area contributed by atoms with Crippen LogP contribution in [-0.2, 0) is 17.8 Å². The molecule has 0 aromatic carbocycles. The van der Waals surface area contributed by atoms with E-state index in [1.807, 2.05) is 30.3 Å². The second-order valence-electron chi connectivity index (χ2n) is 7.69. The number of nitrogens with one attached hydrogen (secondary N) is 1. The fourth-order valence-corrected chi connectivity index (χ4v) is 3.97. The summed E-state index contributed by atoms with van der Waals surface area (Å²) in [6.07, 6.45) is 6.79. The predicted molar refractivity (Wildman–Crippen MR) is 127 cm³/mol. The van der Waals surface area contributed by atoms with Crippen LogP contribution in [0.15, 0.2) is 78.1 Å². The summed E-state index contributed by atoms with van der Waals surface area (Å²) in [5.41, 5.74) is 3.65. The fraction of sp³-hybridized carbons (Fsp3) is 0.160. The third-order valence-electron chi connectivity index (χ3n) is 5.61. The molecule has 5 aromatic rings. The molecule has 0 aliphatic carbocycles. The minimum absolute atomic E-state index is 0.224. The van der Waals surface area contributed by atoms with Gasteiger partial charge in [-0.05, 0) is 42.0 Å². The third kappa shape index (κ3) is 3.93. The standard InChI is InChI=1S/C25H22N6O3/c1-34-14-13-30-20(15-19-23(30)29-21-6-2-3-12-31(21)25(19)33)24(32)28-16-18-5-4-9-27-22(18)17-7-10-26-11-8-17/h2-12,15H,13-14,16H2,1H3,(H,28,32). The van der Waals surface area contributed by atoms with Crippen molar-refractivity contribution in [3.8, 4) is 11.3 Å². The number of fused-ring (bicyclic) bond motifs is 2. The zero-order valence-electron chi connectivity index (χ0n) is 18.5. The molecule has 0 aliphatic heterocycles. The maximum Gasteiger partial charge on any atom is 0.268 e. The zero-order chi connectivity index (χ0) is 23.5. The van der Waals surface area contributed by atoms with Crippen LogP contribution in [0.25, 0.3) is 27.9 Å². The number of ether oxygens (including phenoxy) is 1. The van der Waals surface area contributed by atoms with Crippen molar-refractivity contribution in [3.63, 3.8) is 0 Å². The van der Waals surface area contributed by atoms with Gasteiger partial charge in [0, 0.05) is 50.6 Å². The van der Waals surface area contributed by atoms with Gasteiger partial charge in [0.2, 0.25) is 0 Å². The van der Waals surface area contributed by atoms with Gasteiger partial charge in [0.25, 0.3) is 11.5 Å². The van der Waals surface area contributed by atoms with E-state index in [-0.39, 0.29) is 18.0 Å². The number of hydrogen-bond donors (Lipinski definition) is 1. The lowest BCUT2D eigenvalue weighted by Gasteiger charge is -2.12. The highest BCUT2D eigenvalue weighted by atomic mass is 16.5. The van der Waals surface area contributed by atoms with Crippen molar-refractivity contribution >= 4 is 22.6 Å². The first kappa shape index (κ1) is 21.5. The van der Waals surface area contributed by atoms with Gasteiger partial charge in [0.15, 0.2) is 0 Å². The number of rotatable bonds is 7. The first-order chi connectivity index (χ1) is 16.7.